The number of carbonyl (C=O) groups excluding carboxylic acids is 1. The Balaban J connectivity index is 1.49. The van der Waals surface area contributed by atoms with Gasteiger partial charge in [0, 0.05) is 44.3 Å². The van der Waals surface area contributed by atoms with Crippen LogP contribution in [0, 0.1) is 11.3 Å². The number of benzene rings is 1. The molecule has 230 valence electrons. The van der Waals surface area contributed by atoms with Crippen molar-refractivity contribution in [1.29, 1.82) is 5.26 Å². The van der Waals surface area contributed by atoms with E-state index in [2.05, 4.69) is 17.6 Å². The summed E-state index contributed by atoms with van der Waals surface area (Å²) in [6.45, 7) is 5.77. The number of rotatable bonds is 7. The minimum Gasteiger partial charge on any atom is -0.462 e. The zero-order valence-electron chi connectivity index (χ0n) is 23.7. The fourth-order valence-electron chi connectivity index (χ4n) is 6.13. The lowest BCUT2D eigenvalue weighted by atomic mass is 10.0. The molecule has 0 radical (unpaired) electrons. The van der Waals surface area contributed by atoms with Crippen molar-refractivity contribution in [2.24, 2.45) is 0 Å². The lowest BCUT2D eigenvalue weighted by molar-refractivity contribution is -0.137. The number of β-amino-alcohol motifs (C(OH)–C–C–N with tert-alkyl or cyclic N) is 1. The smallest absolute Gasteiger partial charge is 0.419 e. The number of hydrogen-bond acceptors (Lipinski definition) is 9. The molecule has 10 nitrogen and oxygen atoms in total. The number of likely N-dealkylation sites (tertiary alicyclic amines) is 1. The van der Waals surface area contributed by atoms with Crippen LogP contribution in [-0.2, 0) is 23.9 Å². The number of amides is 1. The predicted molar refractivity (Wildman–Crippen MR) is 154 cm³/mol. The van der Waals surface area contributed by atoms with Gasteiger partial charge in [0.15, 0.2) is 0 Å². The van der Waals surface area contributed by atoms with Gasteiger partial charge in [0.25, 0.3) is 0 Å². The third-order valence-corrected chi connectivity index (χ3v) is 8.59. The highest BCUT2D eigenvalue weighted by molar-refractivity contribution is 6.31. The first kappa shape index (κ1) is 30.8. The molecule has 3 aliphatic heterocycles. The molecule has 0 spiro atoms. The average Bonchev–Trinajstić information content (AvgIpc) is 3.30. The minimum atomic E-state index is -4.64. The van der Waals surface area contributed by atoms with E-state index < -0.39 is 23.9 Å². The number of hydrogen-bond donors (Lipinski definition) is 1. The maximum Gasteiger partial charge on any atom is 0.419 e. The van der Waals surface area contributed by atoms with Crippen molar-refractivity contribution in [2.45, 2.75) is 50.2 Å². The van der Waals surface area contributed by atoms with Gasteiger partial charge < -0.3 is 24.5 Å². The van der Waals surface area contributed by atoms with Crippen molar-refractivity contribution in [2.75, 3.05) is 56.2 Å². The number of aromatic nitrogens is 2. The zero-order chi connectivity index (χ0) is 30.9. The summed E-state index contributed by atoms with van der Waals surface area (Å²) in [6.07, 6.45) is -2.86. The molecule has 0 bridgehead atoms. The van der Waals surface area contributed by atoms with Crippen molar-refractivity contribution in [3.63, 3.8) is 0 Å². The molecule has 0 unspecified atom stereocenters. The van der Waals surface area contributed by atoms with Crippen molar-refractivity contribution >= 4 is 29.0 Å². The maximum atomic E-state index is 14.0. The average molecular weight is 620 g/mol. The standard InChI is InChI=1S/C29H33ClF3N7O3/c1-3-25(42)40-12-11-39(14-18(40)7-9-34)27-21-8-10-38(24-6-4-5-22(30)26(24)29(31,32)33)16-23(21)35-28(36-27)43-17-19-13-20(41)15-37(19)2/h3-6,18-20,41H,1,7-8,10-17H2,2H3/t18-,19-,20+/m0/s1. The lowest BCUT2D eigenvalue weighted by Crippen LogP contribution is -2.55. The molecule has 43 heavy (non-hydrogen) atoms. The van der Waals surface area contributed by atoms with E-state index in [4.69, 9.17) is 21.3 Å². The summed E-state index contributed by atoms with van der Waals surface area (Å²) in [4.78, 5) is 29.1. The van der Waals surface area contributed by atoms with Crippen molar-refractivity contribution < 1.29 is 27.8 Å². The molecule has 1 aromatic carbocycles. The topological polar surface area (TPSA) is 109 Å². The van der Waals surface area contributed by atoms with Gasteiger partial charge in [0.05, 0.1) is 53.1 Å². The number of nitrogens with zero attached hydrogens (tertiary/aromatic N) is 7. The largest absolute Gasteiger partial charge is 0.462 e. The summed E-state index contributed by atoms with van der Waals surface area (Å²) in [5, 5.41) is 19.1. The van der Waals surface area contributed by atoms with Gasteiger partial charge in [-0.1, -0.05) is 24.2 Å². The molecule has 0 aliphatic carbocycles. The molecular weight excluding hydrogens is 587 g/mol. The first-order valence-corrected chi connectivity index (χ1v) is 14.4. The van der Waals surface area contributed by atoms with Crippen LogP contribution >= 0.6 is 11.6 Å². The van der Waals surface area contributed by atoms with E-state index in [0.29, 0.717) is 50.5 Å². The Hall–Kier alpha value is -3.60. The number of ether oxygens (including phenoxy) is 1. The second-order valence-electron chi connectivity index (χ2n) is 11.1. The van der Waals surface area contributed by atoms with Crippen LogP contribution in [0.25, 0.3) is 0 Å². The Bertz CT molecular complexity index is 1420. The van der Waals surface area contributed by atoms with Crippen molar-refractivity contribution in [3.8, 4) is 12.1 Å². The Kier molecular flexibility index (Phi) is 9.01. The Morgan fingerprint density at radius 2 is 2.02 bits per heavy atom. The number of fused-ring (bicyclic) bond motifs is 1. The number of carbonyl (C=O) groups is 1. The van der Waals surface area contributed by atoms with E-state index >= 15 is 0 Å². The summed E-state index contributed by atoms with van der Waals surface area (Å²) in [5.41, 5.74) is 0.393. The van der Waals surface area contributed by atoms with Crippen molar-refractivity contribution in [3.05, 3.63) is 52.7 Å². The van der Waals surface area contributed by atoms with Crippen LogP contribution in [0.5, 0.6) is 6.01 Å². The summed E-state index contributed by atoms with van der Waals surface area (Å²) in [5.74, 6) is 0.324. The van der Waals surface area contributed by atoms with Crippen LogP contribution in [0.1, 0.15) is 29.7 Å². The molecule has 0 saturated carbocycles. The Morgan fingerprint density at radius 3 is 2.70 bits per heavy atom. The fraction of sp³-hybridized carbons (Fsp3) is 0.517. The SMILES string of the molecule is C=CC(=O)N1CCN(c2nc(OC[C@@H]3C[C@@H](O)CN3C)nc3c2CCN(c2cccc(Cl)c2C(F)(F)F)C3)C[C@@H]1CC#N. The number of anilines is 2. The van der Waals surface area contributed by atoms with E-state index in [1.807, 2.05) is 16.8 Å². The molecular formula is C29H33ClF3N7O3. The van der Waals surface area contributed by atoms with E-state index in [1.54, 1.807) is 9.80 Å². The molecule has 2 aromatic rings. The van der Waals surface area contributed by atoms with E-state index in [-0.39, 0.29) is 54.8 Å². The van der Waals surface area contributed by atoms with Gasteiger partial charge in [-0.25, -0.2) is 0 Å². The van der Waals surface area contributed by atoms with Crippen LogP contribution in [0.15, 0.2) is 30.9 Å². The molecule has 2 fully saturated rings. The molecule has 2 saturated heterocycles. The Morgan fingerprint density at radius 1 is 1.23 bits per heavy atom. The van der Waals surface area contributed by atoms with Crippen LogP contribution in [-0.4, -0.2) is 95.3 Å². The second kappa shape index (κ2) is 12.6. The highest BCUT2D eigenvalue weighted by Crippen LogP contribution is 2.43. The molecule has 1 aromatic heterocycles. The zero-order valence-corrected chi connectivity index (χ0v) is 24.5. The lowest BCUT2D eigenvalue weighted by Gasteiger charge is -2.42. The number of aliphatic hydroxyl groups is 1. The van der Waals surface area contributed by atoms with Gasteiger partial charge in [-0.2, -0.15) is 28.4 Å². The first-order chi connectivity index (χ1) is 20.5. The monoisotopic (exact) mass is 619 g/mol. The summed E-state index contributed by atoms with van der Waals surface area (Å²) < 4.78 is 48.1. The minimum absolute atomic E-state index is 0.0273. The Labute approximate surface area is 252 Å². The summed E-state index contributed by atoms with van der Waals surface area (Å²) in [7, 11) is 1.89. The van der Waals surface area contributed by atoms with E-state index in [1.165, 1.54) is 24.3 Å². The van der Waals surface area contributed by atoms with Gasteiger partial charge in [-0.3, -0.25) is 9.69 Å². The van der Waals surface area contributed by atoms with E-state index in [0.717, 1.165) is 5.56 Å². The fourth-order valence-corrected chi connectivity index (χ4v) is 6.41. The first-order valence-electron chi connectivity index (χ1n) is 14.1. The second-order valence-corrected chi connectivity index (χ2v) is 11.5. The quantitative estimate of drug-likeness (QED) is 0.467. The molecule has 4 heterocycles. The van der Waals surface area contributed by atoms with E-state index in [9.17, 15) is 28.3 Å². The van der Waals surface area contributed by atoms with Gasteiger partial charge in [0.1, 0.15) is 12.4 Å². The van der Waals surface area contributed by atoms with Crippen molar-refractivity contribution in [1.82, 2.24) is 19.8 Å². The molecule has 3 atom stereocenters. The number of likely N-dealkylation sites (N-methyl/N-ethyl adjacent to an activating group) is 1. The number of nitriles is 1. The highest BCUT2D eigenvalue weighted by atomic mass is 35.5. The number of halogens is 4. The van der Waals surface area contributed by atoms with Crippen LogP contribution < -0.4 is 14.5 Å². The molecule has 5 rings (SSSR count). The molecule has 3 aliphatic rings. The number of alkyl halides is 3. The summed E-state index contributed by atoms with van der Waals surface area (Å²) in [6, 6.07) is 5.91. The molecule has 14 heteroatoms. The van der Waals surface area contributed by atoms with Gasteiger partial charge in [0.2, 0.25) is 5.91 Å². The summed E-state index contributed by atoms with van der Waals surface area (Å²) >= 11 is 6.02. The normalized spacial score (nSPS) is 22.7. The predicted octanol–water partition coefficient (Wildman–Crippen LogP) is 3.27. The highest BCUT2D eigenvalue weighted by Gasteiger charge is 2.39. The van der Waals surface area contributed by atoms with Gasteiger partial charge >= 0.3 is 12.2 Å². The van der Waals surface area contributed by atoms with Crippen LogP contribution in [0.3, 0.4) is 0 Å². The molecule has 1 amide bonds. The molecule has 1 N–H and O–H groups in total. The van der Waals surface area contributed by atoms with Gasteiger partial charge in [-0.05, 0) is 38.1 Å². The van der Waals surface area contributed by atoms with Crippen LogP contribution in [0.4, 0.5) is 24.7 Å². The van der Waals surface area contributed by atoms with Crippen LogP contribution in [0.2, 0.25) is 5.02 Å². The third kappa shape index (κ3) is 6.51. The maximum absolute atomic E-state index is 14.0. The van der Waals surface area contributed by atoms with Gasteiger partial charge in [-0.15, -0.1) is 0 Å². The third-order valence-electron chi connectivity index (χ3n) is 8.28. The number of piperazine rings is 1. The number of aliphatic hydroxyl groups excluding tert-OH is 1.